The number of hydrogen-bond acceptors (Lipinski definition) is 5. The second-order valence-corrected chi connectivity index (χ2v) is 7.17. The highest BCUT2D eigenvalue weighted by Crippen LogP contribution is 2.24. The zero-order valence-corrected chi connectivity index (χ0v) is 13.3. The van der Waals surface area contributed by atoms with Gasteiger partial charge >= 0.3 is 0 Å². The SMILES string of the molecule is Cc1nccc(O[C@H]2CCN(S(=O)(=O)c3ccccc3F)C2)n1. The van der Waals surface area contributed by atoms with Crippen molar-refractivity contribution in [3.05, 3.63) is 48.2 Å². The molecule has 1 aliphatic heterocycles. The van der Waals surface area contributed by atoms with Gasteiger partial charge in [-0.2, -0.15) is 9.29 Å². The molecule has 2 heterocycles. The summed E-state index contributed by atoms with van der Waals surface area (Å²) >= 11 is 0. The molecule has 6 nitrogen and oxygen atoms in total. The van der Waals surface area contributed by atoms with Crippen LogP contribution >= 0.6 is 0 Å². The van der Waals surface area contributed by atoms with Crippen LogP contribution in [0, 0.1) is 12.7 Å². The average molecular weight is 337 g/mol. The number of sulfonamides is 1. The van der Waals surface area contributed by atoms with Gasteiger partial charge in [-0.3, -0.25) is 0 Å². The molecule has 0 saturated carbocycles. The Bertz CT molecular complexity index is 813. The van der Waals surface area contributed by atoms with Crippen LogP contribution in [-0.2, 0) is 10.0 Å². The second kappa shape index (κ2) is 6.21. The first-order valence-corrected chi connectivity index (χ1v) is 8.62. The van der Waals surface area contributed by atoms with Crippen molar-refractivity contribution in [1.82, 2.24) is 14.3 Å². The van der Waals surface area contributed by atoms with Gasteiger partial charge in [0.1, 0.15) is 22.6 Å². The summed E-state index contributed by atoms with van der Waals surface area (Å²) in [6, 6.07) is 7.00. The third-order valence-corrected chi connectivity index (χ3v) is 5.50. The Morgan fingerprint density at radius 1 is 1.30 bits per heavy atom. The molecule has 1 aromatic carbocycles. The van der Waals surface area contributed by atoms with Crippen LogP contribution in [0.3, 0.4) is 0 Å². The van der Waals surface area contributed by atoms with Crippen LogP contribution in [-0.4, -0.2) is 41.9 Å². The van der Waals surface area contributed by atoms with E-state index in [9.17, 15) is 12.8 Å². The van der Waals surface area contributed by atoms with Gasteiger partial charge in [-0.15, -0.1) is 0 Å². The lowest BCUT2D eigenvalue weighted by Gasteiger charge is -2.17. The predicted molar refractivity (Wildman–Crippen MR) is 81.0 cm³/mol. The van der Waals surface area contributed by atoms with E-state index in [2.05, 4.69) is 9.97 Å². The molecule has 1 aromatic heterocycles. The van der Waals surface area contributed by atoms with Crippen molar-refractivity contribution in [1.29, 1.82) is 0 Å². The van der Waals surface area contributed by atoms with E-state index in [0.717, 1.165) is 6.07 Å². The predicted octanol–water partition coefficient (Wildman–Crippen LogP) is 1.77. The normalized spacial score (nSPS) is 19.0. The van der Waals surface area contributed by atoms with Crippen LogP contribution in [0.2, 0.25) is 0 Å². The molecule has 122 valence electrons. The molecule has 1 atom stereocenters. The number of nitrogens with zero attached hydrogens (tertiary/aromatic N) is 3. The van der Waals surface area contributed by atoms with Gasteiger partial charge in [0.25, 0.3) is 0 Å². The lowest BCUT2D eigenvalue weighted by atomic mass is 10.3. The van der Waals surface area contributed by atoms with Crippen LogP contribution in [0.1, 0.15) is 12.2 Å². The van der Waals surface area contributed by atoms with Crippen LogP contribution in [0.4, 0.5) is 4.39 Å². The Morgan fingerprint density at radius 3 is 2.83 bits per heavy atom. The molecular weight excluding hydrogens is 321 g/mol. The summed E-state index contributed by atoms with van der Waals surface area (Å²) in [5, 5.41) is 0. The molecule has 0 bridgehead atoms. The maximum Gasteiger partial charge on any atom is 0.246 e. The molecule has 0 unspecified atom stereocenters. The number of ether oxygens (including phenoxy) is 1. The monoisotopic (exact) mass is 337 g/mol. The molecule has 23 heavy (non-hydrogen) atoms. The van der Waals surface area contributed by atoms with E-state index in [1.165, 1.54) is 22.5 Å². The second-order valence-electron chi connectivity index (χ2n) is 5.26. The minimum absolute atomic E-state index is 0.166. The van der Waals surface area contributed by atoms with E-state index < -0.39 is 15.8 Å². The Morgan fingerprint density at radius 2 is 2.09 bits per heavy atom. The summed E-state index contributed by atoms with van der Waals surface area (Å²) in [5.41, 5.74) is 0. The van der Waals surface area contributed by atoms with E-state index >= 15 is 0 Å². The molecule has 2 aromatic rings. The van der Waals surface area contributed by atoms with Crippen molar-refractivity contribution in [3.8, 4) is 5.88 Å². The fourth-order valence-corrected chi connectivity index (χ4v) is 4.03. The van der Waals surface area contributed by atoms with Crippen LogP contribution in [0.5, 0.6) is 5.88 Å². The standard InChI is InChI=1S/C15H16FN3O3S/c1-11-17-8-6-15(18-11)22-12-7-9-19(10-12)23(20,21)14-5-3-2-4-13(14)16/h2-6,8,12H,7,9-10H2,1H3/t12-/m0/s1. The molecule has 0 aliphatic carbocycles. The Labute approximate surface area is 134 Å². The molecule has 1 aliphatic rings. The van der Waals surface area contributed by atoms with E-state index in [1.807, 2.05) is 0 Å². The maximum absolute atomic E-state index is 13.8. The third-order valence-electron chi connectivity index (χ3n) is 3.60. The minimum Gasteiger partial charge on any atom is -0.473 e. The Balaban J connectivity index is 1.73. The quantitative estimate of drug-likeness (QED) is 0.850. The summed E-state index contributed by atoms with van der Waals surface area (Å²) in [7, 11) is -3.86. The van der Waals surface area contributed by atoms with Gasteiger partial charge in [0.2, 0.25) is 15.9 Å². The molecule has 1 fully saturated rings. The molecule has 0 N–H and O–H groups in total. The highest BCUT2D eigenvalue weighted by Gasteiger charge is 2.35. The van der Waals surface area contributed by atoms with Gasteiger partial charge in [-0.05, 0) is 25.5 Å². The van der Waals surface area contributed by atoms with Gasteiger partial charge < -0.3 is 4.74 Å². The minimum atomic E-state index is -3.86. The lowest BCUT2D eigenvalue weighted by Crippen LogP contribution is -2.31. The van der Waals surface area contributed by atoms with Gasteiger partial charge in [0, 0.05) is 18.8 Å². The number of hydrogen-bond donors (Lipinski definition) is 0. The smallest absolute Gasteiger partial charge is 0.246 e. The van der Waals surface area contributed by atoms with Crippen molar-refractivity contribution >= 4 is 10.0 Å². The highest BCUT2D eigenvalue weighted by molar-refractivity contribution is 7.89. The van der Waals surface area contributed by atoms with Crippen molar-refractivity contribution in [2.24, 2.45) is 0 Å². The first-order valence-electron chi connectivity index (χ1n) is 7.18. The molecule has 1 saturated heterocycles. The molecule has 8 heteroatoms. The third kappa shape index (κ3) is 3.32. The van der Waals surface area contributed by atoms with Crippen molar-refractivity contribution in [2.45, 2.75) is 24.3 Å². The number of rotatable bonds is 4. The molecular formula is C15H16FN3O3S. The number of benzene rings is 1. The summed E-state index contributed by atoms with van der Waals surface area (Å²) in [6.07, 6.45) is 1.79. The highest BCUT2D eigenvalue weighted by atomic mass is 32.2. The molecule has 0 radical (unpaired) electrons. The number of aromatic nitrogens is 2. The van der Waals surface area contributed by atoms with Crippen molar-refractivity contribution < 1.29 is 17.5 Å². The van der Waals surface area contributed by atoms with Crippen molar-refractivity contribution in [2.75, 3.05) is 13.1 Å². The largest absolute Gasteiger partial charge is 0.473 e. The molecule has 0 amide bonds. The van der Waals surface area contributed by atoms with Gasteiger partial charge in [-0.1, -0.05) is 12.1 Å². The molecule has 0 spiro atoms. The van der Waals surface area contributed by atoms with Crippen molar-refractivity contribution in [3.63, 3.8) is 0 Å². The van der Waals surface area contributed by atoms with Crippen LogP contribution < -0.4 is 4.74 Å². The van der Waals surface area contributed by atoms with Crippen LogP contribution in [0.15, 0.2) is 41.4 Å². The van der Waals surface area contributed by atoms with Crippen LogP contribution in [0.25, 0.3) is 0 Å². The summed E-state index contributed by atoms with van der Waals surface area (Å²) < 4.78 is 45.7. The summed E-state index contributed by atoms with van der Waals surface area (Å²) in [4.78, 5) is 7.81. The first-order chi connectivity index (χ1) is 11.0. The fourth-order valence-electron chi connectivity index (χ4n) is 2.48. The summed E-state index contributed by atoms with van der Waals surface area (Å²) in [6.45, 7) is 2.20. The summed E-state index contributed by atoms with van der Waals surface area (Å²) in [5.74, 6) is 0.243. The molecule has 3 rings (SSSR count). The van der Waals surface area contributed by atoms with E-state index in [1.54, 1.807) is 19.2 Å². The van der Waals surface area contributed by atoms with E-state index in [4.69, 9.17) is 4.74 Å². The van der Waals surface area contributed by atoms with Gasteiger partial charge in [0.05, 0.1) is 6.54 Å². The fraction of sp³-hybridized carbons (Fsp3) is 0.333. The number of halogens is 1. The van der Waals surface area contributed by atoms with Gasteiger partial charge in [0.15, 0.2) is 0 Å². The van der Waals surface area contributed by atoms with Gasteiger partial charge in [-0.25, -0.2) is 17.8 Å². The first kappa shape index (κ1) is 15.8. The van der Waals surface area contributed by atoms with E-state index in [-0.39, 0.29) is 24.1 Å². The Kier molecular flexibility index (Phi) is 4.27. The topological polar surface area (TPSA) is 72.4 Å². The number of aryl methyl sites for hydroxylation is 1. The maximum atomic E-state index is 13.8. The zero-order chi connectivity index (χ0) is 16.4. The zero-order valence-electron chi connectivity index (χ0n) is 12.5. The van der Waals surface area contributed by atoms with E-state index in [0.29, 0.717) is 18.1 Å². The Hall–Kier alpha value is -2.06. The lowest BCUT2D eigenvalue weighted by molar-refractivity contribution is 0.206. The average Bonchev–Trinajstić information content (AvgIpc) is 2.97.